The molecule has 0 bridgehead atoms. The zero-order valence-electron chi connectivity index (χ0n) is 11.7. The van der Waals surface area contributed by atoms with E-state index >= 15 is 0 Å². The first-order valence-corrected chi connectivity index (χ1v) is 6.64. The van der Waals surface area contributed by atoms with Crippen LogP contribution in [0.1, 0.15) is 27.6 Å². The second-order valence-electron chi connectivity index (χ2n) is 5.26. The lowest BCUT2D eigenvalue weighted by atomic mass is 9.97. The van der Waals surface area contributed by atoms with Crippen LogP contribution in [0.25, 0.3) is 0 Å². The SMILES string of the molecule is C[C@@H]1CNC[C@H]1C(=O)Nc1cc(C(N)=O)cc(C(N)=O)c1. The van der Waals surface area contributed by atoms with Crippen LogP contribution < -0.4 is 22.1 Å². The molecular formula is C14H18N4O3. The fraction of sp³-hybridized carbons (Fsp3) is 0.357. The Morgan fingerprint density at radius 3 is 2.10 bits per heavy atom. The molecule has 0 aliphatic carbocycles. The van der Waals surface area contributed by atoms with Crippen molar-refractivity contribution in [3.05, 3.63) is 29.3 Å². The standard InChI is InChI=1S/C14H18N4O3/c1-7-5-17-6-11(7)14(21)18-10-3-8(12(15)19)2-9(4-10)13(16)20/h2-4,7,11,17H,5-6H2,1H3,(H2,15,19)(H2,16,20)(H,18,21)/t7-,11-/m1/s1. The molecule has 0 aromatic heterocycles. The van der Waals surface area contributed by atoms with E-state index in [0.717, 1.165) is 6.54 Å². The van der Waals surface area contributed by atoms with Crippen molar-refractivity contribution in [2.45, 2.75) is 6.92 Å². The lowest BCUT2D eigenvalue weighted by Crippen LogP contribution is -2.28. The quantitative estimate of drug-likeness (QED) is 0.606. The van der Waals surface area contributed by atoms with Gasteiger partial charge in [0.1, 0.15) is 0 Å². The lowest BCUT2D eigenvalue weighted by Gasteiger charge is -2.15. The molecule has 0 unspecified atom stereocenters. The minimum Gasteiger partial charge on any atom is -0.366 e. The van der Waals surface area contributed by atoms with Gasteiger partial charge in [-0.05, 0) is 30.7 Å². The summed E-state index contributed by atoms with van der Waals surface area (Å²) in [4.78, 5) is 34.7. The second kappa shape index (κ2) is 5.92. The minimum atomic E-state index is -0.690. The average Bonchev–Trinajstić information content (AvgIpc) is 2.84. The van der Waals surface area contributed by atoms with E-state index in [0.29, 0.717) is 12.2 Å². The van der Waals surface area contributed by atoms with Gasteiger partial charge in [-0.2, -0.15) is 0 Å². The van der Waals surface area contributed by atoms with Crippen molar-refractivity contribution < 1.29 is 14.4 Å². The number of anilines is 1. The van der Waals surface area contributed by atoms with Crippen LogP contribution in [0.4, 0.5) is 5.69 Å². The molecule has 1 aromatic carbocycles. The van der Waals surface area contributed by atoms with Crippen molar-refractivity contribution >= 4 is 23.4 Å². The zero-order valence-corrected chi connectivity index (χ0v) is 11.7. The van der Waals surface area contributed by atoms with Crippen molar-refractivity contribution in [3.8, 4) is 0 Å². The summed E-state index contributed by atoms with van der Waals surface area (Å²) in [7, 11) is 0. The summed E-state index contributed by atoms with van der Waals surface area (Å²) in [5.41, 5.74) is 11.0. The van der Waals surface area contributed by atoms with Crippen molar-refractivity contribution in [1.82, 2.24) is 5.32 Å². The smallest absolute Gasteiger partial charge is 0.248 e. The van der Waals surface area contributed by atoms with Crippen molar-refractivity contribution in [2.24, 2.45) is 23.3 Å². The van der Waals surface area contributed by atoms with Gasteiger partial charge in [-0.25, -0.2) is 0 Å². The molecule has 1 heterocycles. The molecule has 0 saturated carbocycles. The summed E-state index contributed by atoms with van der Waals surface area (Å²) in [6, 6.07) is 4.17. The molecule has 6 N–H and O–H groups in total. The average molecular weight is 290 g/mol. The van der Waals surface area contributed by atoms with Crippen molar-refractivity contribution in [3.63, 3.8) is 0 Å². The van der Waals surface area contributed by atoms with Crippen LogP contribution in [0.5, 0.6) is 0 Å². The predicted molar refractivity (Wildman–Crippen MR) is 77.6 cm³/mol. The van der Waals surface area contributed by atoms with Gasteiger partial charge in [0.2, 0.25) is 17.7 Å². The molecule has 1 aliphatic rings. The van der Waals surface area contributed by atoms with Gasteiger partial charge < -0.3 is 22.1 Å². The Balaban J connectivity index is 2.24. The monoisotopic (exact) mass is 290 g/mol. The van der Waals surface area contributed by atoms with Gasteiger partial charge in [0.15, 0.2) is 0 Å². The number of hydrogen-bond donors (Lipinski definition) is 4. The van der Waals surface area contributed by atoms with E-state index in [2.05, 4.69) is 10.6 Å². The third-order valence-electron chi connectivity index (χ3n) is 3.62. The molecule has 7 nitrogen and oxygen atoms in total. The van der Waals surface area contributed by atoms with Crippen LogP contribution in [0.15, 0.2) is 18.2 Å². The molecule has 7 heteroatoms. The first kappa shape index (κ1) is 15.0. The molecule has 1 saturated heterocycles. The number of benzene rings is 1. The molecule has 0 radical (unpaired) electrons. The third kappa shape index (κ3) is 3.38. The minimum absolute atomic E-state index is 0.124. The molecule has 1 aliphatic heterocycles. The Morgan fingerprint density at radius 1 is 1.10 bits per heavy atom. The number of primary amides is 2. The predicted octanol–water partition coefficient (Wildman–Crippen LogP) is -0.322. The number of nitrogens with two attached hydrogens (primary N) is 2. The summed E-state index contributed by atoms with van der Waals surface area (Å²) in [5, 5.41) is 5.85. The van der Waals surface area contributed by atoms with Crippen LogP contribution in [0.2, 0.25) is 0 Å². The van der Waals surface area contributed by atoms with Gasteiger partial charge >= 0.3 is 0 Å². The van der Waals surface area contributed by atoms with Gasteiger partial charge in [-0.1, -0.05) is 6.92 Å². The number of carbonyl (C=O) groups excluding carboxylic acids is 3. The van der Waals surface area contributed by atoms with Crippen LogP contribution >= 0.6 is 0 Å². The Hall–Kier alpha value is -2.41. The van der Waals surface area contributed by atoms with Gasteiger partial charge in [0.25, 0.3) is 0 Å². The summed E-state index contributed by atoms with van der Waals surface area (Å²) < 4.78 is 0. The van der Waals surface area contributed by atoms with Crippen LogP contribution in [0.3, 0.4) is 0 Å². The van der Waals surface area contributed by atoms with E-state index in [1.807, 2.05) is 6.92 Å². The van der Waals surface area contributed by atoms with Gasteiger partial charge in [-0.15, -0.1) is 0 Å². The van der Waals surface area contributed by atoms with Crippen LogP contribution in [0, 0.1) is 11.8 Å². The molecule has 2 atom stereocenters. The first-order valence-electron chi connectivity index (χ1n) is 6.64. The van der Waals surface area contributed by atoms with E-state index in [9.17, 15) is 14.4 Å². The fourth-order valence-electron chi connectivity index (χ4n) is 2.38. The highest BCUT2D eigenvalue weighted by Crippen LogP contribution is 2.20. The maximum Gasteiger partial charge on any atom is 0.248 e. The van der Waals surface area contributed by atoms with E-state index in [1.165, 1.54) is 18.2 Å². The third-order valence-corrected chi connectivity index (χ3v) is 3.62. The topological polar surface area (TPSA) is 127 Å². The molecule has 1 aromatic rings. The number of carbonyl (C=O) groups is 3. The van der Waals surface area contributed by atoms with Crippen molar-refractivity contribution in [1.29, 1.82) is 0 Å². The molecule has 1 fully saturated rings. The summed E-state index contributed by atoms with van der Waals surface area (Å²) >= 11 is 0. The highest BCUT2D eigenvalue weighted by Gasteiger charge is 2.29. The highest BCUT2D eigenvalue weighted by atomic mass is 16.2. The first-order chi connectivity index (χ1) is 9.88. The summed E-state index contributed by atoms with van der Waals surface area (Å²) in [5.74, 6) is -1.47. The van der Waals surface area contributed by atoms with Crippen molar-refractivity contribution in [2.75, 3.05) is 18.4 Å². The van der Waals surface area contributed by atoms with Crippen LogP contribution in [-0.2, 0) is 4.79 Å². The number of rotatable bonds is 4. The normalized spacial score (nSPS) is 21.0. The fourth-order valence-corrected chi connectivity index (χ4v) is 2.38. The Labute approximate surface area is 122 Å². The van der Waals surface area contributed by atoms with E-state index in [1.54, 1.807) is 0 Å². The van der Waals surface area contributed by atoms with E-state index in [4.69, 9.17) is 11.5 Å². The van der Waals surface area contributed by atoms with Crippen LogP contribution in [-0.4, -0.2) is 30.8 Å². The maximum absolute atomic E-state index is 12.2. The lowest BCUT2D eigenvalue weighted by molar-refractivity contribution is -0.120. The number of hydrogen-bond acceptors (Lipinski definition) is 4. The van der Waals surface area contributed by atoms with E-state index in [-0.39, 0.29) is 28.9 Å². The molecule has 2 rings (SSSR count). The molecule has 112 valence electrons. The molecule has 21 heavy (non-hydrogen) atoms. The largest absolute Gasteiger partial charge is 0.366 e. The Kier molecular flexibility index (Phi) is 4.23. The maximum atomic E-state index is 12.2. The molecular weight excluding hydrogens is 272 g/mol. The summed E-state index contributed by atoms with van der Waals surface area (Å²) in [6.45, 7) is 3.37. The van der Waals surface area contributed by atoms with E-state index < -0.39 is 11.8 Å². The van der Waals surface area contributed by atoms with Gasteiger partial charge in [-0.3, -0.25) is 14.4 Å². The Morgan fingerprint density at radius 2 is 1.67 bits per heavy atom. The van der Waals surface area contributed by atoms with Gasteiger partial charge in [0, 0.05) is 23.4 Å². The Bertz CT molecular complexity index is 568. The molecule has 3 amide bonds. The highest BCUT2D eigenvalue weighted by molar-refractivity contribution is 6.02. The second-order valence-corrected chi connectivity index (χ2v) is 5.26. The zero-order chi connectivity index (χ0) is 15.6. The van der Waals surface area contributed by atoms with Gasteiger partial charge in [0.05, 0.1) is 5.92 Å². The summed E-state index contributed by atoms with van der Waals surface area (Å²) in [6.07, 6.45) is 0. The molecule has 0 spiro atoms. The number of amides is 3. The number of nitrogens with one attached hydrogen (secondary N) is 2.